The fourth-order valence-corrected chi connectivity index (χ4v) is 2.08. The van der Waals surface area contributed by atoms with Crippen molar-refractivity contribution >= 4 is 11.9 Å². The molecular formula is C14H28N2O3. The summed E-state index contributed by atoms with van der Waals surface area (Å²) in [4.78, 5) is 22.5. The van der Waals surface area contributed by atoms with Crippen LogP contribution in [0.1, 0.15) is 52.9 Å². The summed E-state index contributed by atoms with van der Waals surface area (Å²) in [5.74, 6) is -0.613. The number of carboxylic acids is 1. The number of aliphatic carboxylic acids is 1. The Kier molecular flexibility index (Phi) is 9.21. The lowest BCUT2D eigenvalue weighted by Crippen LogP contribution is -2.42. The van der Waals surface area contributed by atoms with Crippen LogP contribution in [-0.4, -0.2) is 29.6 Å². The third-order valence-electron chi connectivity index (χ3n) is 3.04. The first-order chi connectivity index (χ1) is 8.86. The molecule has 5 nitrogen and oxygen atoms in total. The first-order valence-electron chi connectivity index (χ1n) is 7.11. The Morgan fingerprint density at radius 1 is 1.32 bits per heavy atom. The van der Waals surface area contributed by atoms with Crippen LogP contribution in [0.25, 0.3) is 0 Å². The lowest BCUT2D eigenvalue weighted by atomic mass is 9.94. The summed E-state index contributed by atoms with van der Waals surface area (Å²) < 4.78 is 0. The van der Waals surface area contributed by atoms with Crippen LogP contribution in [0.4, 0.5) is 0 Å². The topological polar surface area (TPSA) is 92.4 Å². The molecule has 0 aromatic rings. The van der Waals surface area contributed by atoms with Gasteiger partial charge in [0.15, 0.2) is 0 Å². The van der Waals surface area contributed by atoms with E-state index in [2.05, 4.69) is 12.2 Å². The van der Waals surface area contributed by atoms with Gasteiger partial charge in [0.2, 0.25) is 5.91 Å². The number of amides is 1. The number of hydrogen-bond donors (Lipinski definition) is 3. The highest BCUT2D eigenvalue weighted by Gasteiger charge is 2.18. The quantitative estimate of drug-likeness (QED) is 0.565. The van der Waals surface area contributed by atoms with Gasteiger partial charge in [0.25, 0.3) is 0 Å². The lowest BCUT2D eigenvalue weighted by Gasteiger charge is -2.19. The van der Waals surface area contributed by atoms with E-state index in [1.54, 1.807) is 0 Å². The predicted octanol–water partition coefficient (Wildman–Crippen LogP) is 1.76. The van der Waals surface area contributed by atoms with Gasteiger partial charge < -0.3 is 16.2 Å². The molecule has 0 bridgehead atoms. The van der Waals surface area contributed by atoms with Crippen molar-refractivity contribution in [2.75, 3.05) is 6.54 Å². The van der Waals surface area contributed by atoms with Crippen LogP contribution in [0.2, 0.25) is 0 Å². The van der Waals surface area contributed by atoms with Crippen molar-refractivity contribution in [3.05, 3.63) is 0 Å². The van der Waals surface area contributed by atoms with Crippen molar-refractivity contribution < 1.29 is 14.7 Å². The molecule has 0 rings (SSSR count). The molecule has 19 heavy (non-hydrogen) atoms. The number of carbonyl (C=O) groups excluding carboxylic acids is 1. The number of nitrogens with two attached hydrogens (primary N) is 1. The summed E-state index contributed by atoms with van der Waals surface area (Å²) in [7, 11) is 0. The van der Waals surface area contributed by atoms with Crippen LogP contribution in [0, 0.1) is 11.8 Å². The van der Waals surface area contributed by atoms with Crippen molar-refractivity contribution in [3.63, 3.8) is 0 Å². The van der Waals surface area contributed by atoms with E-state index in [-0.39, 0.29) is 18.2 Å². The van der Waals surface area contributed by atoms with Gasteiger partial charge in [0.05, 0.1) is 6.04 Å². The van der Waals surface area contributed by atoms with E-state index >= 15 is 0 Å². The number of carboxylic acid groups (broad SMARTS) is 1. The fourth-order valence-electron chi connectivity index (χ4n) is 2.08. The monoisotopic (exact) mass is 272 g/mol. The molecule has 112 valence electrons. The van der Waals surface area contributed by atoms with Gasteiger partial charge in [-0.05, 0) is 24.7 Å². The molecule has 2 atom stereocenters. The smallest absolute Gasteiger partial charge is 0.303 e. The molecule has 0 aromatic carbocycles. The van der Waals surface area contributed by atoms with Crippen LogP contribution in [0.5, 0.6) is 0 Å². The van der Waals surface area contributed by atoms with Gasteiger partial charge in [-0.3, -0.25) is 9.59 Å². The van der Waals surface area contributed by atoms with Crippen LogP contribution in [0.15, 0.2) is 0 Å². The van der Waals surface area contributed by atoms with Crippen molar-refractivity contribution in [1.82, 2.24) is 5.32 Å². The number of carbonyl (C=O) groups is 2. The molecule has 1 amide bonds. The minimum Gasteiger partial charge on any atom is -0.481 e. The normalized spacial score (nSPS) is 14.2. The molecule has 0 aromatic heterocycles. The van der Waals surface area contributed by atoms with E-state index in [0.717, 1.165) is 19.3 Å². The Bertz CT molecular complexity index is 280. The summed E-state index contributed by atoms with van der Waals surface area (Å²) >= 11 is 0. The first kappa shape index (κ1) is 17.9. The molecule has 0 saturated heterocycles. The summed E-state index contributed by atoms with van der Waals surface area (Å²) in [5.41, 5.74) is 5.76. The van der Waals surface area contributed by atoms with Crippen molar-refractivity contribution in [1.29, 1.82) is 0 Å². The third-order valence-corrected chi connectivity index (χ3v) is 3.04. The van der Waals surface area contributed by atoms with Gasteiger partial charge in [-0.15, -0.1) is 0 Å². The van der Waals surface area contributed by atoms with Crippen molar-refractivity contribution in [2.24, 2.45) is 17.6 Å². The summed E-state index contributed by atoms with van der Waals surface area (Å²) in [6, 6.07) is -0.482. The average molecular weight is 272 g/mol. The van der Waals surface area contributed by atoms with E-state index in [9.17, 15) is 9.59 Å². The Balaban J connectivity index is 4.14. The Labute approximate surface area is 115 Å². The second kappa shape index (κ2) is 9.78. The molecule has 0 aliphatic heterocycles. The molecule has 0 saturated carbocycles. The second-order valence-electron chi connectivity index (χ2n) is 5.59. The van der Waals surface area contributed by atoms with E-state index < -0.39 is 12.0 Å². The van der Waals surface area contributed by atoms with Crippen LogP contribution in [0.3, 0.4) is 0 Å². The van der Waals surface area contributed by atoms with Crippen LogP contribution in [-0.2, 0) is 9.59 Å². The zero-order chi connectivity index (χ0) is 14.8. The van der Waals surface area contributed by atoms with Gasteiger partial charge in [-0.25, -0.2) is 0 Å². The fraction of sp³-hybridized carbons (Fsp3) is 0.857. The molecule has 0 radical (unpaired) electrons. The van der Waals surface area contributed by atoms with Crippen molar-refractivity contribution in [2.45, 2.75) is 58.9 Å². The number of hydrogen-bond acceptors (Lipinski definition) is 3. The summed E-state index contributed by atoms with van der Waals surface area (Å²) in [6.45, 7) is 6.53. The molecule has 0 aliphatic carbocycles. The Morgan fingerprint density at radius 2 is 1.95 bits per heavy atom. The lowest BCUT2D eigenvalue weighted by molar-refractivity contribution is -0.138. The maximum absolute atomic E-state index is 11.7. The molecule has 5 heteroatoms. The Hall–Kier alpha value is -1.10. The summed E-state index contributed by atoms with van der Waals surface area (Å²) in [6.07, 6.45) is 3.49. The number of rotatable bonds is 10. The standard InChI is InChI=1S/C14H28N2O3/c1-4-5-6-12(15)14(19)16-9-11(7-10(2)3)8-13(17)18/h10-12H,4-9,15H2,1-3H3,(H,16,19)(H,17,18). The highest BCUT2D eigenvalue weighted by molar-refractivity contribution is 5.81. The van der Waals surface area contributed by atoms with Crippen molar-refractivity contribution in [3.8, 4) is 0 Å². The average Bonchev–Trinajstić information content (AvgIpc) is 2.31. The van der Waals surface area contributed by atoms with E-state index in [0.29, 0.717) is 18.9 Å². The van der Waals surface area contributed by atoms with E-state index in [4.69, 9.17) is 10.8 Å². The molecule has 2 unspecified atom stereocenters. The summed E-state index contributed by atoms with van der Waals surface area (Å²) in [5, 5.41) is 11.6. The number of unbranched alkanes of at least 4 members (excludes halogenated alkanes) is 1. The zero-order valence-corrected chi connectivity index (χ0v) is 12.3. The maximum Gasteiger partial charge on any atom is 0.303 e. The third kappa shape index (κ3) is 9.47. The SMILES string of the molecule is CCCCC(N)C(=O)NCC(CC(=O)O)CC(C)C. The minimum atomic E-state index is -0.824. The Morgan fingerprint density at radius 3 is 2.42 bits per heavy atom. The molecule has 0 aliphatic rings. The van der Waals surface area contributed by atoms with E-state index in [1.165, 1.54) is 0 Å². The van der Waals surface area contributed by atoms with Gasteiger partial charge in [-0.1, -0.05) is 33.6 Å². The minimum absolute atomic E-state index is 0.0279. The van der Waals surface area contributed by atoms with E-state index in [1.807, 2.05) is 13.8 Å². The highest BCUT2D eigenvalue weighted by atomic mass is 16.4. The van der Waals surface area contributed by atoms with Crippen LogP contribution >= 0.6 is 0 Å². The largest absolute Gasteiger partial charge is 0.481 e. The van der Waals surface area contributed by atoms with Gasteiger partial charge in [0.1, 0.15) is 0 Å². The maximum atomic E-state index is 11.7. The van der Waals surface area contributed by atoms with Crippen LogP contribution < -0.4 is 11.1 Å². The zero-order valence-electron chi connectivity index (χ0n) is 12.3. The molecular weight excluding hydrogens is 244 g/mol. The molecule has 0 spiro atoms. The predicted molar refractivity (Wildman–Crippen MR) is 75.7 cm³/mol. The molecule has 0 heterocycles. The van der Waals surface area contributed by atoms with Gasteiger partial charge >= 0.3 is 5.97 Å². The highest BCUT2D eigenvalue weighted by Crippen LogP contribution is 2.14. The molecule has 0 fully saturated rings. The van der Waals surface area contributed by atoms with Gasteiger partial charge in [0, 0.05) is 13.0 Å². The first-order valence-corrected chi connectivity index (χ1v) is 7.11. The van der Waals surface area contributed by atoms with Gasteiger partial charge in [-0.2, -0.15) is 0 Å². The number of nitrogens with one attached hydrogen (secondary N) is 1. The molecule has 4 N–H and O–H groups in total. The second-order valence-corrected chi connectivity index (χ2v) is 5.59.